The Morgan fingerprint density at radius 1 is 1.24 bits per heavy atom. The van der Waals surface area contributed by atoms with E-state index >= 15 is 0 Å². The number of ether oxygens (including phenoxy) is 1. The minimum atomic E-state index is 0.503. The van der Waals surface area contributed by atoms with Crippen LogP contribution < -0.4 is 15.4 Å². The molecular formula is C19H31ClN4O. The summed E-state index contributed by atoms with van der Waals surface area (Å²) in [6, 6.07) is 7.91. The second-order valence-corrected chi connectivity index (χ2v) is 6.76. The maximum atomic E-state index is 5.87. The Morgan fingerprint density at radius 2 is 1.96 bits per heavy atom. The maximum absolute atomic E-state index is 5.87. The van der Waals surface area contributed by atoms with Gasteiger partial charge in [-0.25, -0.2) is 4.99 Å². The summed E-state index contributed by atoms with van der Waals surface area (Å²) in [6.07, 6.45) is 3.58. The summed E-state index contributed by atoms with van der Waals surface area (Å²) in [5, 5.41) is 7.61. The molecular weight excluding hydrogens is 336 g/mol. The van der Waals surface area contributed by atoms with Gasteiger partial charge in [-0.2, -0.15) is 0 Å². The SMILES string of the molecule is CCCN1CCC(NC(=NCCOc2ccc(Cl)cc2)NCC)CC1. The smallest absolute Gasteiger partial charge is 0.191 e. The molecule has 6 heteroatoms. The quantitative estimate of drug-likeness (QED) is 0.421. The van der Waals surface area contributed by atoms with Gasteiger partial charge in [-0.1, -0.05) is 18.5 Å². The summed E-state index contributed by atoms with van der Waals surface area (Å²) in [5.41, 5.74) is 0. The molecule has 0 spiro atoms. The van der Waals surface area contributed by atoms with Crippen LogP contribution in [0.15, 0.2) is 29.3 Å². The molecule has 2 N–H and O–H groups in total. The number of nitrogens with zero attached hydrogens (tertiary/aromatic N) is 2. The van der Waals surface area contributed by atoms with Crippen molar-refractivity contribution in [3.05, 3.63) is 29.3 Å². The summed E-state index contributed by atoms with van der Waals surface area (Å²) < 4.78 is 5.69. The Kier molecular flexibility index (Phi) is 8.91. The summed E-state index contributed by atoms with van der Waals surface area (Å²) in [5.74, 6) is 1.71. The van der Waals surface area contributed by atoms with Gasteiger partial charge in [0.1, 0.15) is 12.4 Å². The van der Waals surface area contributed by atoms with Gasteiger partial charge in [0, 0.05) is 30.7 Å². The van der Waals surface area contributed by atoms with E-state index in [0.29, 0.717) is 24.2 Å². The summed E-state index contributed by atoms with van der Waals surface area (Å²) in [4.78, 5) is 7.17. The molecule has 0 radical (unpaired) electrons. The van der Waals surface area contributed by atoms with Crippen LogP contribution in [0.25, 0.3) is 0 Å². The third-order valence-corrected chi connectivity index (χ3v) is 4.51. The lowest BCUT2D eigenvalue weighted by atomic mass is 10.1. The molecule has 0 saturated carbocycles. The Labute approximate surface area is 156 Å². The molecule has 1 fully saturated rings. The molecule has 1 aromatic carbocycles. The molecule has 0 atom stereocenters. The first-order chi connectivity index (χ1) is 12.2. The molecule has 1 aromatic rings. The molecule has 0 aliphatic carbocycles. The van der Waals surface area contributed by atoms with Gasteiger partial charge in [0.2, 0.25) is 0 Å². The van der Waals surface area contributed by atoms with Gasteiger partial charge in [-0.15, -0.1) is 0 Å². The molecule has 25 heavy (non-hydrogen) atoms. The van der Waals surface area contributed by atoms with E-state index in [1.54, 1.807) is 0 Å². The van der Waals surface area contributed by atoms with Crippen molar-refractivity contribution in [2.45, 2.75) is 39.2 Å². The van der Waals surface area contributed by atoms with Crippen molar-refractivity contribution in [3.8, 4) is 5.75 Å². The topological polar surface area (TPSA) is 48.9 Å². The van der Waals surface area contributed by atoms with Crippen LogP contribution in [0.5, 0.6) is 5.75 Å². The van der Waals surface area contributed by atoms with Gasteiger partial charge in [0.15, 0.2) is 5.96 Å². The van der Waals surface area contributed by atoms with Gasteiger partial charge in [-0.3, -0.25) is 0 Å². The standard InChI is InChI=1S/C19H31ClN4O/c1-3-12-24-13-9-17(10-14-24)23-19(21-4-2)22-11-15-25-18-7-5-16(20)6-8-18/h5-8,17H,3-4,9-15H2,1-2H3,(H2,21,22,23). The van der Waals surface area contributed by atoms with Gasteiger partial charge >= 0.3 is 0 Å². The molecule has 5 nitrogen and oxygen atoms in total. The van der Waals surface area contributed by atoms with Crippen molar-refractivity contribution in [2.75, 3.05) is 39.3 Å². The third-order valence-electron chi connectivity index (χ3n) is 4.26. The average Bonchev–Trinajstić information content (AvgIpc) is 2.62. The first-order valence-electron chi connectivity index (χ1n) is 9.36. The lowest BCUT2D eigenvalue weighted by molar-refractivity contribution is 0.206. The Morgan fingerprint density at radius 3 is 2.60 bits per heavy atom. The van der Waals surface area contributed by atoms with Gasteiger partial charge in [0.25, 0.3) is 0 Å². The largest absolute Gasteiger partial charge is 0.492 e. The van der Waals surface area contributed by atoms with Crippen LogP contribution in [0.2, 0.25) is 5.02 Å². The van der Waals surface area contributed by atoms with Crippen molar-refractivity contribution in [3.63, 3.8) is 0 Å². The molecule has 140 valence electrons. The van der Waals surface area contributed by atoms with Crippen molar-refractivity contribution < 1.29 is 4.74 Å². The van der Waals surface area contributed by atoms with E-state index in [2.05, 4.69) is 34.4 Å². The van der Waals surface area contributed by atoms with E-state index in [0.717, 1.165) is 18.3 Å². The lowest BCUT2D eigenvalue weighted by Gasteiger charge is -2.32. The molecule has 0 bridgehead atoms. The van der Waals surface area contributed by atoms with Gasteiger partial charge in [0.05, 0.1) is 6.54 Å². The zero-order valence-corrected chi connectivity index (χ0v) is 16.2. The fraction of sp³-hybridized carbons (Fsp3) is 0.632. The highest BCUT2D eigenvalue weighted by Gasteiger charge is 2.19. The van der Waals surface area contributed by atoms with Crippen LogP contribution in [-0.2, 0) is 0 Å². The average molecular weight is 367 g/mol. The van der Waals surface area contributed by atoms with E-state index in [1.807, 2.05) is 24.3 Å². The Balaban J connectivity index is 1.73. The zero-order valence-electron chi connectivity index (χ0n) is 15.4. The van der Waals surface area contributed by atoms with Crippen molar-refractivity contribution in [1.29, 1.82) is 0 Å². The molecule has 0 unspecified atom stereocenters. The van der Waals surface area contributed by atoms with E-state index in [4.69, 9.17) is 16.3 Å². The van der Waals surface area contributed by atoms with Gasteiger partial charge in [-0.05, 0) is 57.0 Å². The summed E-state index contributed by atoms with van der Waals surface area (Å²) in [7, 11) is 0. The van der Waals surface area contributed by atoms with E-state index in [9.17, 15) is 0 Å². The number of piperidine rings is 1. The van der Waals surface area contributed by atoms with Crippen LogP contribution in [0.3, 0.4) is 0 Å². The molecule has 1 saturated heterocycles. The predicted molar refractivity (Wildman–Crippen MR) is 106 cm³/mol. The Bertz CT molecular complexity index is 513. The van der Waals surface area contributed by atoms with Gasteiger partial charge < -0.3 is 20.3 Å². The predicted octanol–water partition coefficient (Wildman–Crippen LogP) is 3.15. The highest BCUT2D eigenvalue weighted by Crippen LogP contribution is 2.15. The van der Waals surface area contributed by atoms with Crippen molar-refractivity contribution >= 4 is 17.6 Å². The fourth-order valence-electron chi connectivity index (χ4n) is 2.98. The number of halogens is 1. The van der Waals surface area contributed by atoms with Crippen LogP contribution in [0, 0.1) is 0 Å². The number of guanidine groups is 1. The molecule has 0 amide bonds. The number of hydrogen-bond acceptors (Lipinski definition) is 3. The lowest BCUT2D eigenvalue weighted by Crippen LogP contribution is -2.48. The monoisotopic (exact) mass is 366 g/mol. The number of rotatable bonds is 8. The van der Waals surface area contributed by atoms with Crippen LogP contribution in [-0.4, -0.2) is 56.2 Å². The normalized spacial score (nSPS) is 16.7. The maximum Gasteiger partial charge on any atom is 0.191 e. The van der Waals surface area contributed by atoms with E-state index < -0.39 is 0 Å². The Hall–Kier alpha value is -1.46. The highest BCUT2D eigenvalue weighted by atomic mass is 35.5. The van der Waals surface area contributed by atoms with Crippen LogP contribution >= 0.6 is 11.6 Å². The molecule has 2 rings (SSSR count). The van der Waals surface area contributed by atoms with Crippen LogP contribution in [0.4, 0.5) is 0 Å². The molecule has 0 aromatic heterocycles. The van der Waals surface area contributed by atoms with Crippen molar-refractivity contribution in [2.24, 2.45) is 4.99 Å². The number of hydrogen-bond donors (Lipinski definition) is 2. The third kappa shape index (κ3) is 7.53. The second kappa shape index (κ2) is 11.2. The molecule has 1 aliphatic rings. The fourth-order valence-corrected chi connectivity index (χ4v) is 3.11. The zero-order chi connectivity index (χ0) is 17.9. The summed E-state index contributed by atoms with van der Waals surface area (Å²) >= 11 is 5.87. The minimum Gasteiger partial charge on any atom is -0.492 e. The van der Waals surface area contributed by atoms with E-state index in [-0.39, 0.29) is 0 Å². The summed E-state index contributed by atoms with van der Waals surface area (Å²) in [6.45, 7) is 9.91. The van der Waals surface area contributed by atoms with Crippen molar-refractivity contribution in [1.82, 2.24) is 15.5 Å². The van der Waals surface area contributed by atoms with E-state index in [1.165, 1.54) is 38.9 Å². The first-order valence-corrected chi connectivity index (χ1v) is 9.74. The second-order valence-electron chi connectivity index (χ2n) is 6.32. The molecule has 1 heterocycles. The number of aliphatic imine (C=N–C) groups is 1. The number of benzene rings is 1. The van der Waals surface area contributed by atoms with Crippen LogP contribution in [0.1, 0.15) is 33.1 Å². The number of likely N-dealkylation sites (tertiary alicyclic amines) is 1. The minimum absolute atomic E-state index is 0.503. The molecule has 1 aliphatic heterocycles. The number of nitrogens with one attached hydrogen (secondary N) is 2. The first kappa shape index (κ1) is 19.9. The highest BCUT2D eigenvalue weighted by molar-refractivity contribution is 6.30.